The van der Waals surface area contributed by atoms with Crippen LogP contribution < -0.4 is 0 Å². The Kier molecular flexibility index (Phi) is 4.12. The first-order chi connectivity index (χ1) is 11.0. The monoisotopic (exact) mass is 342 g/mol. The number of furan rings is 1. The van der Waals surface area contributed by atoms with Crippen molar-refractivity contribution in [2.45, 2.75) is 9.79 Å². The van der Waals surface area contributed by atoms with Gasteiger partial charge in [0.25, 0.3) is 0 Å². The van der Waals surface area contributed by atoms with E-state index in [-0.39, 0.29) is 0 Å². The van der Waals surface area contributed by atoms with E-state index in [9.17, 15) is 22.0 Å². The number of halogens is 5. The third-order valence-corrected chi connectivity index (χ3v) is 4.12. The first-order valence-electron chi connectivity index (χ1n) is 6.32. The van der Waals surface area contributed by atoms with Gasteiger partial charge < -0.3 is 4.42 Å². The number of hydrogen-bond donors (Lipinski definition) is 0. The van der Waals surface area contributed by atoms with Crippen molar-refractivity contribution < 1.29 is 26.4 Å². The number of benzene rings is 2. The molecule has 0 bridgehead atoms. The molecule has 1 aromatic heterocycles. The molecule has 0 amide bonds. The lowest BCUT2D eigenvalue weighted by molar-refractivity contribution is 0.361. The minimum atomic E-state index is -2.17. The first kappa shape index (κ1) is 15.6. The van der Waals surface area contributed by atoms with Crippen LogP contribution in [0.3, 0.4) is 0 Å². The van der Waals surface area contributed by atoms with Crippen LogP contribution in [-0.4, -0.2) is 0 Å². The molecule has 0 N–H and O–H groups in total. The van der Waals surface area contributed by atoms with Gasteiger partial charge >= 0.3 is 0 Å². The zero-order valence-corrected chi connectivity index (χ0v) is 12.1. The predicted octanol–water partition coefficient (Wildman–Crippen LogP) is 5.79. The summed E-state index contributed by atoms with van der Waals surface area (Å²) in [5, 5.41) is 0. The average molecular weight is 342 g/mol. The SMILES string of the molecule is Fc1c(F)c(F)c(Sc2ccc(-c3ccco3)cc2)c(F)c1F. The summed E-state index contributed by atoms with van der Waals surface area (Å²) in [5.41, 5.74) is 0.719. The molecule has 7 heteroatoms. The molecule has 3 aromatic rings. The molecule has 0 aliphatic carbocycles. The fourth-order valence-corrected chi connectivity index (χ4v) is 2.79. The van der Waals surface area contributed by atoms with Gasteiger partial charge in [0.05, 0.1) is 11.2 Å². The molecule has 0 aliphatic rings. The Morgan fingerprint density at radius 3 is 1.78 bits per heavy atom. The van der Waals surface area contributed by atoms with Crippen LogP contribution in [0, 0.1) is 29.1 Å². The summed E-state index contributed by atoms with van der Waals surface area (Å²) in [7, 11) is 0. The normalized spacial score (nSPS) is 11.0. The molecule has 0 aliphatic heterocycles. The van der Waals surface area contributed by atoms with E-state index < -0.39 is 34.0 Å². The quantitative estimate of drug-likeness (QED) is 0.339. The van der Waals surface area contributed by atoms with Gasteiger partial charge in [0, 0.05) is 10.5 Å². The molecule has 0 saturated carbocycles. The van der Waals surface area contributed by atoms with Crippen LogP contribution in [0.5, 0.6) is 0 Å². The van der Waals surface area contributed by atoms with E-state index in [0.29, 0.717) is 22.4 Å². The molecule has 1 heterocycles. The fraction of sp³-hybridized carbons (Fsp3) is 0. The summed E-state index contributed by atoms with van der Waals surface area (Å²) in [6.07, 6.45) is 1.49. The molecule has 0 fully saturated rings. The Balaban J connectivity index is 1.94. The highest BCUT2D eigenvalue weighted by molar-refractivity contribution is 7.99. The standard InChI is InChI=1S/C16H7F5OS/c17-11-12(18)14(20)16(15(21)13(11)19)23-9-5-3-8(4-6-9)10-2-1-7-22-10/h1-7H. The van der Waals surface area contributed by atoms with Crippen LogP contribution in [0.25, 0.3) is 11.3 Å². The minimum Gasteiger partial charge on any atom is -0.464 e. The van der Waals surface area contributed by atoms with Gasteiger partial charge in [-0.15, -0.1) is 0 Å². The summed E-state index contributed by atoms with van der Waals surface area (Å²) >= 11 is 0.457. The van der Waals surface area contributed by atoms with Crippen LogP contribution in [0.15, 0.2) is 56.9 Å². The predicted molar refractivity (Wildman–Crippen MR) is 74.5 cm³/mol. The Morgan fingerprint density at radius 2 is 1.26 bits per heavy atom. The second kappa shape index (κ2) is 6.08. The highest BCUT2D eigenvalue weighted by Crippen LogP contribution is 2.36. The van der Waals surface area contributed by atoms with E-state index in [4.69, 9.17) is 4.42 Å². The van der Waals surface area contributed by atoms with Gasteiger partial charge in [0.15, 0.2) is 23.3 Å². The highest BCUT2D eigenvalue weighted by Gasteiger charge is 2.26. The van der Waals surface area contributed by atoms with Crippen molar-refractivity contribution >= 4 is 11.8 Å². The van der Waals surface area contributed by atoms with Gasteiger partial charge in [-0.2, -0.15) is 0 Å². The molecule has 23 heavy (non-hydrogen) atoms. The Morgan fingerprint density at radius 1 is 0.696 bits per heavy atom. The number of rotatable bonds is 3. The molecule has 0 unspecified atom stereocenters. The summed E-state index contributed by atoms with van der Waals surface area (Å²) in [4.78, 5) is -0.615. The molecular formula is C16H7F5OS. The molecule has 3 rings (SSSR count). The van der Waals surface area contributed by atoms with Crippen LogP contribution in [0.2, 0.25) is 0 Å². The lowest BCUT2D eigenvalue weighted by atomic mass is 10.2. The summed E-state index contributed by atoms with van der Waals surface area (Å²) in [5.74, 6) is -9.18. The number of hydrogen-bond acceptors (Lipinski definition) is 2. The smallest absolute Gasteiger partial charge is 0.200 e. The zero-order chi connectivity index (χ0) is 16.6. The van der Waals surface area contributed by atoms with Gasteiger partial charge in [0.2, 0.25) is 5.82 Å². The average Bonchev–Trinajstić information content (AvgIpc) is 3.10. The van der Waals surface area contributed by atoms with Crippen LogP contribution in [-0.2, 0) is 0 Å². The molecule has 0 spiro atoms. The lowest BCUT2D eigenvalue weighted by Crippen LogP contribution is -2.03. The zero-order valence-electron chi connectivity index (χ0n) is 11.2. The Labute approximate surface area is 131 Å². The summed E-state index contributed by atoms with van der Waals surface area (Å²) < 4.78 is 71.8. The van der Waals surface area contributed by atoms with E-state index in [0.717, 1.165) is 5.56 Å². The molecule has 1 nitrogen and oxygen atoms in total. The van der Waals surface area contributed by atoms with Gasteiger partial charge in [-0.3, -0.25) is 0 Å². The molecule has 2 aromatic carbocycles. The van der Waals surface area contributed by atoms with Gasteiger partial charge in [-0.05, 0) is 24.3 Å². The Bertz CT molecular complexity index is 815. The van der Waals surface area contributed by atoms with E-state index in [1.54, 1.807) is 24.3 Å². The van der Waals surface area contributed by atoms with Crippen LogP contribution >= 0.6 is 11.8 Å². The molecule has 0 saturated heterocycles. The lowest BCUT2D eigenvalue weighted by Gasteiger charge is -2.08. The van der Waals surface area contributed by atoms with Crippen molar-refractivity contribution in [3.8, 4) is 11.3 Å². The third kappa shape index (κ3) is 2.84. The fourth-order valence-electron chi connectivity index (χ4n) is 1.92. The topological polar surface area (TPSA) is 13.1 Å². The maximum atomic E-state index is 13.6. The van der Waals surface area contributed by atoms with Gasteiger partial charge in [0.1, 0.15) is 5.76 Å². The highest BCUT2D eigenvalue weighted by atomic mass is 32.2. The van der Waals surface area contributed by atoms with Crippen LogP contribution in [0.1, 0.15) is 0 Å². The largest absolute Gasteiger partial charge is 0.464 e. The second-order valence-corrected chi connectivity index (χ2v) is 5.59. The van der Waals surface area contributed by atoms with Crippen molar-refractivity contribution in [2.75, 3.05) is 0 Å². The van der Waals surface area contributed by atoms with E-state index in [2.05, 4.69) is 0 Å². The van der Waals surface area contributed by atoms with Crippen molar-refractivity contribution in [3.63, 3.8) is 0 Å². The second-order valence-electron chi connectivity index (χ2n) is 4.50. The van der Waals surface area contributed by atoms with Gasteiger partial charge in [-0.25, -0.2) is 22.0 Å². The first-order valence-corrected chi connectivity index (χ1v) is 7.14. The Hall–Kier alpha value is -2.28. The molecule has 118 valence electrons. The van der Waals surface area contributed by atoms with Crippen molar-refractivity contribution in [3.05, 3.63) is 71.7 Å². The summed E-state index contributed by atoms with van der Waals surface area (Å²) in [6.45, 7) is 0. The van der Waals surface area contributed by atoms with Crippen molar-refractivity contribution in [1.82, 2.24) is 0 Å². The molecular weight excluding hydrogens is 335 g/mol. The van der Waals surface area contributed by atoms with E-state index in [1.807, 2.05) is 0 Å². The van der Waals surface area contributed by atoms with E-state index >= 15 is 0 Å². The van der Waals surface area contributed by atoms with Crippen molar-refractivity contribution in [2.24, 2.45) is 0 Å². The maximum absolute atomic E-state index is 13.6. The van der Waals surface area contributed by atoms with E-state index in [1.165, 1.54) is 18.4 Å². The minimum absolute atomic E-state index is 0.323. The summed E-state index contributed by atoms with van der Waals surface area (Å²) in [6, 6.07) is 9.67. The van der Waals surface area contributed by atoms with Crippen LogP contribution in [0.4, 0.5) is 22.0 Å². The third-order valence-electron chi connectivity index (χ3n) is 3.05. The van der Waals surface area contributed by atoms with Gasteiger partial charge in [-0.1, -0.05) is 23.9 Å². The maximum Gasteiger partial charge on any atom is 0.200 e. The van der Waals surface area contributed by atoms with Crippen molar-refractivity contribution in [1.29, 1.82) is 0 Å². The molecule has 0 radical (unpaired) electrons. The molecule has 0 atom stereocenters.